The maximum Gasteiger partial charge on any atom is 0.225 e. The summed E-state index contributed by atoms with van der Waals surface area (Å²) in [7, 11) is 0.401. The lowest BCUT2D eigenvalue weighted by Crippen LogP contribution is -2.24. The van der Waals surface area contributed by atoms with Gasteiger partial charge in [0.05, 0.1) is 25.3 Å². The Morgan fingerprint density at radius 1 is 1.09 bits per heavy atom. The molecule has 2 aliphatic rings. The number of amides is 1. The number of anilines is 1. The molecule has 0 aliphatic carbocycles. The van der Waals surface area contributed by atoms with Crippen LogP contribution in [0.2, 0.25) is 25.7 Å². The molecule has 0 saturated carbocycles. The third kappa shape index (κ3) is 6.73. The summed E-state index contributed by atoms with van der Waals surface area (Å²) in [6.07, 6.45) is 7.17. The van der Waals surface area contributed by atoms with Crippen molar-refractivity contribution in [1.82, 2.24) is 19.5 Å². The summed E-state index contributed by atoms with van der Waals surface area (Å²) in [5, 5.41) is 2.83. The molecule has 0 bridgehead atoms. The number of aromatic nitrogens is 4. The van der Waals surface area contributed by atoms with Crippen molar-refractivity contribution in [2.24, 2.45) is 0 Å². The summed E-state index contributed by atoms with van der Waals surface area (Å²) in [5.41, 5.74) is 3.72. The highest BCUT2D eigenvalue weighted by Crippen LogP contribution is 2.38. The molecule has 1 amide bonds. The Kier molecular flexibility index (Phi) is 8.18. The van der Waals surface area contributed by atoms with Gasteiger partial charge in [0, 0.05) is 56.9 Å². The fraction of sp³-hybridized carbons (Fsp3) is 0.375. The second kappa shape index (κ2) is 12.2. The Morgan fingerprint density at radius 2 is 1.95 bits per heavy atom. The molecule has 2 aliphatic heterocycles. The lowest BCUT2D eigenvalue weighted by atomic mass is 9.95. The summed E-state index contributed by atoms with van der Waals surface area (Å²) in [6, 6.07) is 12.7. The topological polar surface area (TPSA) is 110 Å². The van der Waals surface area contributed by atoms with Crippen molar-refractivity contribution in [1.29, 1.82) is 0 Å². The van der Waals surface area contributed by atoms with Gasteiger partial charge in [-0.1, -0.05) is 19.6 Å². The van der Waals surface area contributed by atoms with E-state index < -0.39 is 8.07 Å². The zero-order chi connectivity index (χ0) is 30.0. The minimum absolute atomic E-state index is 0.0183. The lowest BCUT2D eigenvalue weighted by molar-refractivity contribution is -0.116. The molecule has 10 nitrogen and oxygen atoms in total. The Hall–Kier alpha value is -4.22. The largest absolute Gasteiger partial charge is 0.493 e. The highest BCUT2D eigenvalue weighted by Gasteiger charge is 2.28. The van der Waals surface area contributed by atoms with E-state index in [0.29, 0.717) is 49.4 Å². The van der Waals surface area contributed by atoms with Gasteiger partial charge < -0.3 is 28.8 Å². The van der Waals surface area contributed by atoms with E-state index in [1.165, 1.54) is 0 Å². The van der Waals surface area contributed by atoms with Gasteiger partial charge in [-0.2, -0.15) is 0 Å². The van der Waals surface area contributed by atoms with E-state index in [2.05, 4.69) is 39.5 Å². The van der Waals surface area contributed by atoms with Gasteiger partial charge in [0.15, 0.2) is 0 Å². The third-order valence-corrected chi connectivity index (χ3v) is 9.38. The number of benzene rings is 1. The van der Waals surface area contributed by atoms with E-state index in [1.54, 1.807) is 19.5 Å². The maximum atomic E-state index is 11.8. The molecule has 1 atom stereocenters. The van der Waals surface area contributed by atoms with Gasteiger partial charge in [-0.05, 0) is 54.8 Å². The lowest BCUT2D eigenvalue weighted by Gasteiger charge is -2.26. The smallest absolute Gasteiger partial charge is 0.225 e. The molecular formula is C32H37N5O5Si. The van der Waals surface area contributed by atoms with Gasteiger partial charge in [0.25, 0.3) is 0 Å². The first-order valence-corrected chi connectivity index (χ1v) is 18.3. The fourth-order valence-electron chi connectivity index (χ4n) is 5.30. The first kappa shape index (κ1) is 28.9. The van der Waals surface area contributed by atoms with E-state index in [4.69, 9.17) is 23.9 Å². The van der Waals surface area contributed by atoms with E-state index in [-0.39, 0.29) is 11.8 Å². The van der Waals surface area contributed by atoms with Crippen molar-refractivity contribution in [3.05, 3.63) is 71.9 Å². The Balaban J connectivity index is 1.25. The number of hydrogen-bond donors (Lipinski definition) is 1. The number of hydrogen-bond acceptors (Lipinski definition) is 8. The Morgan fingerprint density at radius 3 is 2.79 bits per heavy atom. The predicted octanol–water partition coefficient (Wildman–Crippen LogP) is 6.06. The van der Waals surface area contributed by atoms with Gasteiger partial charge in [0.1, 0.15) is 35.6 Å². The van der Waals surface area contributed by atoms with Gasteiger partial charge in [-0.3, -0.25) is 4.79 Å². The van der Waals surface area contributed by atoms with Crippen LogP contribution in [0.1, 0.15) is 29.3 Å². The summed E-state index contributed by atoms with van der Waals surface area (Å²) in [4.78, 5) is 25.5. The average Bonchev–Trinajstić information content (AvgIpc) is 3.43. The van der Waals surface area contributed by atoms with Gasteiger partial charge in [0.2, 0.25) is 11.8 Å². The van der Waals surface area contributed by atoms with Gasteiger partial charge >= 0.3 is 0 Å². The molecule has 5 heterocycles. The second-order valence-corrected chi connectivity index (χ2v) is 17.8. The zero-order valence-electron chi connectivity index (χ0n) is 25.1. The number of nitrogens with one attached hydrogen (secondary N) is 1. The summed E-state index contributed by atoms with van der Waals surface area (Å²) >= 11 is 0. The molecule has 0 spiro atoms. The Labute approximate surface area is 252 Å². The molecule has 4 aromatic rings. The number of carbonyl (C=O) groups is 1. The summed E-state index contributed by atoms with van der Waals surface area (Å²) in [6.45, 7) is 8.71. The molecule has 0 fully saturated rings. The number of methoxy groups -OCH3 is 1. The number of rotatable bonds is 10. The molecule has 11 heteroatoms. The van der Waals surface area contributed by atoms with Crippen LogP contribution in [0.3, 0.4) is 0 Å². The minimum atomic E-state index is -1.21. The fourth-order valence-corrected chi connectivity index (χ4v) is 6.06. The molecule has 1 N–H and O–H groups in total. The standard InChI is InChI=1S/C32H37N5O5Si/c1-39-30-17-21(9-11-33-30)26-18-37(20-40-13-14-43(2,3)4)32(35-26)23-15-22-16-24(5-7-27(22)41-19-23)42-28-10-12-34-31-25(28)6-8-29(38)36-31/h5,7,9-12,16-18,23H,6,8,13-15,19-20H2,1-4H3,(H,34,36,38). The van der Waals surface area contributed by atoms with Crippen LogP contribution in [0, 0.1) is 0 Å². The quantitative estimate of drug-likeness (QED) is 0.173. The number of imidazole rings is 1. The third-order valence-electron chi connectivity index (χ3n) is 7.68. The van der Waals surface area contributed by atoms with Crippen LogP contribution in [0.5, 0.6) is 23.1 Å². The highest BCUT2D eigenvalue weighted by atomic mass is 28.3. The number of nitrogens with zero attached hydrogens (tertiary/aromatic N) is 4. The van der Waals surface area contributed by atoms with Crippen LogP contribution in [0.4, 0.5) is 5.82 Å². The monoisotopic (exact) mass is 599 g/mol. The average molecular weight is 600 g/mol. The summed E-state index contributed by atoms with van der Waals surface area (Å²) in [5.74, 6) is 4.25. The van der Waals surface area contributed by atoms with Crippen molar-refractivity contribution in [3.8, 4) is 34.4 Å². The number of ether oxygens (including phenoxy) is 4. The zero-order valence-corrected chi connectivity index (χ0v) is 26.1. The van der Waals surface area contributed by atoms with E-state index in [0.717, 1.165) is 53.0 Å². The van der Waals surface area contributed by atoms with Crippen LogP contribution < -0.4 is 19.5 Å². The number of carbonyl (C=O) groups excluding carboxylic acids is 1. The van der Waals surface area contributed by atoms with Crippen LogP contribution in [-0.2, 0) is 29.1 Å². The van der Waals surface area contributed by atoms with Crippen molar-refractivity contribution in [3.63, 3.8) is 0 Å². The van der Waals surface area contributed by atoms with Crippen LogP contribution in [0.15, 0.2) is 55.0 Å². The molecule has 224 valence electrons. The van der Waals surface area contributed by atoms with Crippen molar-refractivity contribution in [2.75, 3.05) is 25.6 Å². The number of pyridine rings is 2. The molecule has 3 aromatic heterocycles. The van der Waals surface area contributed by atoms with Crippen molar-refractivity contribution < 1.29 is 23.7 Å². The molecule has 0 radical (unpaired) electrons. The van der Waals surface area contributed by atoms with Crippen LogP contribution in [0.25, 0.3) is 11.3 Å². The predicted molar refractivity (Wildman–Crippen MR) is 166 cm³/mol. The SMILES string of the molecule is COc1cc(-c2cn(COCC[Si](C)(C)C)c(C3COc4ccc(Oc5ccnc6c5CCC(=O)N6)cc4C3)n2)ccn1. The van der Waals surface area contributed by atoms with E-state index in [1.807, 2.05) is 42.6 Å². The van der Waals surface area contributed by atoms with Gasteiger partial charge in [-0.25, -0.2) is 15.0 Å². The normalized spacial score (nSPS) is 16.1. The molecule has 0 saturated heterocycles. The minimum Gasteiger partial charge on any atom is -0.493 e. The summed E-state index contributed by atoms with van der Waals surface area (Å²) < 4.78 is 26.2. The van der Waals surface area contributed by atoms with E-state index in [9.17, 15) is 4.79 Å². The van der Waals surface area contributed by atoms with Crippen molar-refractivity contribution in [2.45, 2.75) is 57.6 Å². The maximum absolute atomic E-state index is 11.8. The van der Waals surface area contributed by atoms with Crippen molar-refractivity contribution >= 4 is 19.8 Å². The van der Waals surface area contributed by atoms with Crippen LogP contribution >= 0.6 is 0 Å². The molecular weight excluding hydrogens is 562 g/mol. The first-order valence-electron chi connectivity index (χ1n) is 14.6. The second-order valence-electron chi connectivity index (χ2n) is 12.2. The highest BCUT2D eigenvalue weighted by molar-refractivity contribution is 6.76. The molecule has 6 rings (SSSR count). The van der Waals surface area contributed by atoms with Gasteiger partial charge in [-0.15, -0.1) is 0 Å². The van der Waals surface area contributed by atoms with E-state index >= 15 is 0 Å². The molecule has 1 unspecified atom stereocenters. The molecule has 43 heavy (non-hydrogen) atoms. The molecule has 1 aromatic carbocycles. The Bertz CT molecular complexity index is 1630. The van der Waals surface area contributed by atoms with Crippen LogP contribution in [-0.4, -0.2) is 53.8 Å². The number of fused-ring (bicyclic) bond motifs is 2. The first-order chi connectivity index (χ1) is 20.8.